The number of aliphatic hydroxyl groups excluding tert-OH is 1. The molecule has 234 valence electrons. The summed E-state index contributed by atoms with van der Waals surface area (Å²) in [6.45, 7) is 10.9. The van der Waals surface area contributed by atoms with Gasteiger partial charge in [0.15, 0.2) is 0 Å². The first kappa shape index (κ1) is 32.1. The molecular formula is C35H42BrN3O5. The smallest absolute Gasteiger partial charge is 0.248 e. The summed E-state index contributed by atoms with van der Waals surface area (Å²) in [5, 5.41) is 10.7. The fourth-order valence-electron chi connectivity index (χ4n) is 7.37. The highest BCUT2D eigenvalue weighted by Gasteiger charge is 2.77. The van der Waals surface area contributed by atoms with Gasteiger partial charge < -0.3 is 24.5 Å². The molecule has 3 unspecified atom stereocenters. The lowest BCUT2D eigenvalue weighted by molar-refractivity contribution is -0.152. The molecule has 3 saturated heterocycles. The SMILES string of the molecule is C=CCN(CCCC)C(=O)C1N([C@H](CO)c2ccccc2)C(=O)[C@@H]2[C@H](C(=O)N(CC=C)Cc3ccccc3)[C@H]3OC12CC3Br. The van der Waals surface area contributed by atoms with Crippen LogP contribution in [0, 0.1) is 11.8 Å². The molecule has 3 amide bonds. The third-order valence-corrected chi connectivity index (χ3v) is 10.1. The molecule has 2 bridgehead atoms. The predicted octanol–water partition coefficient (Wildman–Crippen LogP) is 4.50. The Morgan fingerprint density at radius 2 is 1.70 bits per heavy atom. The average Bonchev–Trinajstić information content (AvgIpc) is 3.63. The molecule has 8 nitrogen and oxygen atoms in total. The van der Waals surface area contributed by atoms with Crippen molar-refractivity contribution in [2.24, 2.45) is 11.8 Å². The second kappa shape index (κ2) is 13.8. The largest absolute Gasteiger partial charge is 0.394 e. The molecule has 3 heterocycles. The molecule has 3 aliphatic heterocycles. The molecule has 5 rings (SSSR count). The van der Waals surface area contributed by atoms with E-state index in [2.05, 4.69) is 36.0 Å². The number of nitrogens with zero attached hydrogens (tertiary/aromatic N) is 3. The van der Waals surface area contributed by atoms with Crippen LogP contribution in [-0.4, -0.2) is 86.3 Å². The summed E-state index contributed by atoms with van der Waals surface area (Å²) in [4.78, 5) is 48.6. The van der Waals surface area contributed by atoms with E-state index in [1.807, 2.05) is 60.7 Å². The molecule has 0 radical (unpaired) electrons. The van der Waals surface area contributed by atoms with Gasteiger partial charge in [-0.25, -0.2) is 0 Å². The van der Waals surface area contributed by atoms with Gasteiger partial charge in [0.1, 0.15) is 11.6 Å². The molecule has 0 saturated carbocycles. The monoisotopic (exact) mass is 663 g/mol. The van der Waals surface area contributed by atoms with E-state index < -0.39 is 35.6 Å². The molecule has 3 aliphatic rings. The number of unbranched alkanes of at least 4 members (excludes halogenated alkanes) is 1. The van der Waals surface area contributed by atoms with Crippen molar-refractivity contribution in [2.45, 2.75) is 61.3 Å². The predicted molar refractivity (Wildman–Crippen MR) is 173 cm³/mol. The number of halogens is 1. The first-order valence-corrected chi connectivity index (χ1v) is 16.4. The van der Waals surface area contributed by atoms with Crippen molar-refractivity contribution in [2.75, 3.05) is 26.2 Å². The Hall–Kier alpha value is -3.27. The fourth-order valence-corrected chi connectivity index (χ4v) is 8.31. The fraction of sp³-hybridized carbons (Fsp3) is 0.457. The molecule has 0 aromatic heterocycles. The Morgan fingerprint density at radius 1 is 1.07 bits per heavy atom. The van der Waals surface area contributed by atoms with Crippen molar-refractivity contribution in [3.8, 4) is 0 Å². The Morgan fingerprint density at radius 3 is 2.32 bits per heavy atom. The summed E-state index contributed by atoms with van der Waals surface area (Å²) in [6, 6.07) is 17.2. The van der Waals surface area contributed by atoms with Gasteiger partial charge >= 0.3 is 0 Å². The van der Waals surface area contributed by atoms with Crippen LogP contribution in [0.15, 0.2) is 86.0 Å². The maximum absolute atomic E-state index is 14.8. The van der Waals surface area contributed by atoms with Crippen LogP contribution in [0.25, 0.3) is 0 Å². The molecule has 1 N–H and O–H groups in total. The molecule has 3 fully saturated rings. The average molecular weight is 665 g/mol. The van der Waals surface area contributed by atoms with Crippen LogP contribution < -0.4 is 0 Å². The molecule has 2 aromatic rings. The molecule has 2 aromatic carbocycles. The van der Waals surface area contributed by atoms with E-state index in [1.54, 1.807) is 22.0 Å². The Bertz CT molecular complexity index is 1360. The lowest BCUT2D eigenvalue weighted by atomic mass is 9.70. The van der Waals surface area contributed by atoms with Crippen molar-refractivity contribution in [3.63, 3.8) is 0 Å². The highest BCUT2D eigenvalue weighted by atomic mass is 79.9. The topological polar surface area (TPSA) is 90.4 Å². The van der Waals surface area contributed by atoms with Gasteiger partial charge in [0, 0.05) is 31.0 Å². The van der Waals surface area contributed by atoms with Gasteiger partial charge in [-0.15, -0.1) is 13.2 Å². The second-order valence-corrected chi connectivity index (χ2v) is 13.1. The highest BCUT2D eigenvalue weighted by Crippen LogP contribution is 2.61. The minimum Gasteiger partial charge on any atom is -0.394 e. The number of likely N-dealkylation sites (tertiary alicyclic amines) is 1. The number of carbonyl (C=O) groups is 3. The van der Waals surface area contributed by atoms with Crippen LogP contribution in [0.4, 0.5) is 0 Å². The standard InChI is InChI=1S/C35H42BrN3O5/c1-4-7-20-37(18-5-2)34(43)31-35-21-26(36)30(44-35)28(32(41)38(19-6-3)22-24-14-10-8-11-15-24)29(35)33(42)39(31)27(23-40)25-16-12-9-13-17-25/h5-6,8-17,26-31,40H,2-4,7,18-23H2,1H3/t26?,27-,28+,29+,30+,31?,35?/m1/s1. The van der Waals surface area contributed by atoms with Crippen LogP contribution in [0.1, 0.15) is 43.4 Å². The molecule has 1 spiro atoms. The number of rotatable bonds is 14. The van der Waals surface area contributed by atoms with Crippen LogP contribution in [0.5, 0.6) is 0 Å². The quantitative estimate of drug-likeness (QED) is 0.238. The van der Waals surface area contributed by atoms with Crippen LogP contribution in [-0.2, 0) is 25.7 Å². The van der Waals surface area contributed by atoms with E-state index >= 15 is 0 Å². The van der Waals surface area contributed by atoms with Gasteiger partial charge in [-0.1, -0.05) is 102 Å². The minimum atomic E-state index is -1.23. The Balaban J connectivity index is 1.59. The number of ether oxygens (including phenoxy) is 1. The Labute approximate surface area is 268 Å². The Kier molecular flexibility index (Phi) is 10.1. The lowest BCUT2D eigenvalue weighted by Crippen LogP contribution is -2.57. The van der Waals surface area contributed by atoms with Crippen LogP contribution in [0.2, 0.25) is 0 Å². The molecule has 9 heteroatoms. The normalized spacial score (nSPS) is 27.6. The van der Waals surface area contributed by atoms with E-state index in [9.17, 15) is 19.5 Å². The highest BCUT2D eigenvalue weighted by molar-refractivity contribution is 9.09. The van der Waals surface area contributed by atoms with E-state index in [-0.39, 0.29) is 29.2 Å². The summed E-state index contributed by atoms with van der Waals surface area (Å²) in [5.41, 5.74) is 0.449. The third kappa shape index (κ3) is 5.66. The number of alkyl halides is 1. The van der Waals surface area contributed by atoms with Gasteiger partial charge in [0.05, 0.1) is 30.6 Å². The van der Waals surface area contributed by atoms with Crippen LogP contribution in [0.3, 0.4) is 0 Å². The van der Waals surface area contributed by atoms with Gasteiger partial charge in [-0.2, -0.15) is 0 Å². The van der Waals surface area contributed by atoms with Gasteiger partial charge in [0.25, 0.3) is 0 Å². The van der Waals surface area contributed by atoms with E-state index in [0.717, 1.165) is 18.4 Å². The maximum atomic E-state index is 14.8. The number of fused-ring (bicyclic) bond motifs is 1. The molecule has 0 aliphatic carbocycles. The number of carbonyl (C=O) groups excluding carboxylic acids is 3. The van der Waals surface area contributed by atoms with Gasteiger partial charge in [-0.05, 0) is 24.0 Å². The first-order chi connectivity index (χ1) is 21.3. The number of aliphatic hydroxyl groups is 1. The van der Waals surface area contributed by atoms with Crippen molar-refractivity contribution >= 4 is 33.7 Å². The summed E-state index contributed by atoms with van der Waals surface area (Å²) < 4.78 is 6.77. The second-order valence-electron chi connectivity index (χ2n) is 11.9. The summed E-state index contributed by atoms with van der Waals surface area (Å²) in [7, 11) is 0. The number of hydrogen-bond donors (Lipinski definition) is 1. The van der Waals surface area contributed by atoms with E-state index in [1.165, 1.54) is 4.90 Å². The lowest BCUT2D eigenvalue weighted by Gasteiger charge is -2.39. The summed E-state index contributed by atoms with van der Waals surface area (Å²) in [6.07, 6.45) is 4.88. The zero-order valence-corrected chi connectivity index (χ0v) is 26.8. The summed E-state index contributed by atoms with van der Waals surface area (Å²) in [5.74, 6) is -2.46. The number of hydrogen-bond acceptors (Lipinski definition) is 5. The zero-order valence-electron chi connectivity index (χ0n) is 25.3. The van der Waals surface area contributed by atoms with E-state index in [0.29, 0.717) is 38.2 Å². The minimum absolute atomic E-state index is 0.203. The van der Waals surface area contributed by atoms with Crippen molar-refractivity contribution < 1.29 is 24.2 Å². The third-order valence-electron chi connectivity index (χ3n) is 9.26. The van der Waals surface area contributed by atoms with E-state index in [4.69, 9.17) is 4.74 Å². The van der Waals surface area contributed by atoms with Gasteiger partial charge in [0.2, 0.25) is 17.7 Å². The van der Waals surface area contributed by atoms with Crippen molar-refractivity contribution in [1.29, 1.82) is 0 Å². The number of benzene rings is 2. The zero-order chi connectivity index (χ0) is 31.4. The molecule has 44 heavy (non-hydrogen) atoms. The van der Waals surface area contributed by atoms with Crippen LogP contribution >= 0.6 is 15.9 Å². The maximum Gasteiger partial charge on any atom is 0.248 e. The molecular weight excluding hydrogens is 622 g/mol. The van der Waals surface area contributed by atoms with Crippen molar-refractivity contribution in [3.05, 3.63) is 97.1 Å². The van der Waals surface area contributed by atoms with Crippen molar-refractivity contribution in [1.82, 2.24) is 14.7 Å². The first-order valence-electron chi connectivity index (χ1n) is 15.5. The summed E-state index contributed by atoms with van der Waals surface area (Å²) >= 11 is 3.78. The number of amides is 3. The molecule has 7 atom stereocenters. The van der Waals surface area contributed by atoms with Gasteiger partial charge in [-0.3, -0.25) is 14.4 Å².